The van der Waals surface area contributed by atoms with E-state index < -0.39 is 0 Å². The summed E-state index contributed by atoms with van der Waals surface area (Å²) in [5.74, 6) is 1.38. The van der Waals surface area contributed by atoms with Crippen LogP contribution in [0.5, 0.6) is 5.75 Å². The second-order valence-electron chi connectivity index (χ2n) is 8.64. The molecule has 0 fully saturated rings. The molecule has 3 aromatic rings. The minimum atomic E-state index is -0.164. The minimum Gasteiger partial charge on any atom is -0.496 e. The molecule has 0 aromatic heterocycles. The molecule has 2 N–H and O–H groups in total. The van der Waals surface area contributed by atoms with E-state index in [-0.39, 0.29) is 18.5 Å². The van der Waals surface area contributed by atoms with E-state index in [4.69, 9.17) is 4.74 Å². The zero-order valence-corrected chi connectivity index (χ0v) is 19.7. The Bertz CT molecular complexity index is 1000. The van der Waals surface area contributed by atoms with Crippen LogP contribution in [0.3, 0.4) is 0 Å². The van der Waals surface area contributed by atoms with Crippen LogP contribution in [-0.2, 0) is 4.79 Å². The molecule has 168 valence electrons. The summed E-state index contributed by atoms with van der Waals surface area (Å²) in [6.45, 7) is 8.80. The fraction of sp³-hybridized carbons (Fsp3) is 0.321. The standard InChI is InChI=1S/C28H34N2O2/c1-19(2)22-15-11-16-23(20(3)4)28(22)30-26(31)18-29-27(21-12-7-6-8-13-21)24-14-9-10-17-25(24)32-5/h6-17,19-20,27,29H,18H2,1-5H3,(H,30,31). The molecule has 0 heterocycles. The van der Waals surface area contributed by atoms with Gasteiger partial charge in [0, 0.05) is 11.3 Å². The predicted octanol–water partition coefficient (Wildman–Crippen LogP) is 6.26. The fourth-order valence-electron chi connectivity index (χ4n) is 4.03. The van der Waals surface area contributed by atoms with Crippen molar-refractivity contribution >= 4 is 11.6 Å². The highest BCUT2D eigenvalue weighted by molar-refractivity contribution is 5.94. The molecule has 4 nitrogen and oxygen atoms in total. The van der Waals surface area contributed by atoms with Gasteiger partial charge in [-0.3, -0.25) is 10.1 Å². The van der Waals surface area contributed by atoms with Crippen molar-refractivity contribution in [1.82, 2.24) is 5.32 Å². The number of para-hydroxylation sites is 2. The van der Waals surface area contributed by atoms with Crippen LogP contribution in [0.4, 0.5) is 5.69 Å². The van der Waals surface area contributed by atoms with Crippen LogP contribution in [0.2, 0.25) is 0 Å². The fourth-order valence-corrected chi connectivity index (χ4v) is 4.03. The summed E-state index contributed by atoms with van der Waals surface area (Å²) in [7, 11) is 1.67. The van der Waals surface area contributed by atoms with Gasteiger partial charge >= 0.3 is 0 Å². The lowest BCUT2D eigenvalue weighted by atomic mass is 9.92. The highest BCUT2D eigenvalue weighted by Gasteiger charge is 2.20. The Morgan fingerprint density at radius 2 is 1.34 bits per heavy atom. The molecule has 0 saturated carbocycles. The van der Waals surface area contributed by atoms with Crippen molar-refractivity contribution in [2.75, 3.05) is 19.0 Å². The second kappa shape index (κ2) is 11.0. The lowest BCUT2D eigenvalue weighted by Crippen LogP contribution is -2.32. The molecule has 1 unspecified atom stereocenters. The van der Waals surface area contributed by atoms with E-state index in [1.165, 1.54) is 0 Å². The van der Waals surface area contributed by atoms with Crippen LogP contribution in [0.25, 0.3) is 0 Å². The normalized spacial score (nSPS) is 12.1. The van der Waals surface area contributed by atoms with Crippen molar-refractivity contribution in [2.45, 2.75) is 45.6 Å². The van der Waals surface area contributed by atoms with Gasteiger partial charge in [0.05, 0.1) is 19.7 Å². The van der Waals surface area contributed by atoms with Gasteiger partial charge in [-0.25, -0.2) is 0 Å². The van der Waals surface area contributed by atoms with Gasteiger partial charge in [0.1, 0.15) is 5.75 Å². The molecule has 3 rings (SSSR count). The summed E-state index contributed by atoms with van der Waals surface area (Å²) >= 11 is 0. The molecular weight excluding hydrogens is 396 g/mol. The topological polar surface area (TPSA) is 50.4 Å². The summed E-state index contributed by atoms with van der Waals surface area (Å²) in [4.78, 5) is 13.1. The number of hydrogen-bond donors (Lipinski definition) is 2. The third-order valence-electron chi connectivity index (χ3n) is 5.69. The molecular formula is C28H34N2O2. The Labute approximate surface area is 192 Å². The minimum absolute atomic E-state index is 0.0594. The molecule has 32 heavy (non-hydrogen) atoms. The molecule has 1 amide bonds. The third-order valence-corrected chi connectivity index (χ3v) is 5.69. The molecule has 3 aromatic carbocycles. The summed E-state index contributed by atoms with van der Waals surface area (Å²) in [5.41, 5.74) is 5.34. The number of anilines is 1. The maximum absolute atomic E-state index is 13.1. The van der Waals surface area contributed by atoms with Crippen molar-refractivity contribution in [2.24, 2.45) is 0 Å². The van der Waals surface area contributed by atoms with E-state index in [2.05, 4.69) is 68.7 Å². The lowest BCUT2D eigenvalue weighted by molar-refractivity contribution is -0.115. The molecule has 0 aliphatic carbocycles. The first-order valence-corrected chi connectivity index (χ1v) is 11.3. The van der Waals surface area contributed by atoms with Gasteiger partial charge < -0.3 is 10.1 Å². The van der Waals surface area contributed by atoms with Gasteiger partial charge in [-0.2, -0.15) is 0 Å². The number of benzene rings is 3. The largest absolute Gasteiger partial charge is 0.496 e. The highest BCUT2D eigenvalue weighted by Crippen LogP contribution is 2.33. The monoisotopic (exact) mass is 430 g/mol. The first kappa shape index (κ1) is 23.6. The van der Waals surface area contributed by atoms with Gasteiger partial charge in [0.25, 0.3) is 0 Å². The summed E-state index contributed by atoms with van der Waals surface area (Å²) in [6, 6.07) is 24.2. The van der Waals surface area contributed by atoms with E-state index in [9.17, 15) is 4.79 Å². The molecule has 0 saturated heterocycles. The van der Waals surface area contributed by atoms with E-state index in [0.29, 0.717) is 11.8 Å². The van der Waals surface area contributed by atoms with Crippen LogP contribution >= 0.6 is 0 Å². The van der Waals surface area contributed by atoms with Crippen molar-refractivity contribution in [3.05, 3.63) is 95.1 Å². The maximum atomic E-state index is 13.1. The van der Waals surface area contributed by atoms with Crippen LogP contribution in [-0.4, -0.2) is 19.6 Å². The number of nitrogens with one attached hydrogen (secondary N) is 2. The number of amides is 1. The third kappa shape index (κ3) is 5.57. The molecule has 0 bridgehead atoms. The predicted molar refractivity (Wildman–Crippen MR) is 133 cm³/mol. The number of ether oxygens (including phenoxy) is 1. The Morgan fingerprint density at radius 3 is 1.94 bits per heavy atom. The van der Waals surface area contributed by atoms with Crippen molar-refractivity contribution in [3.8, 4) is 5.75 Å². The molecule has 0 spiro atoms. The zero-order valence-electron chi connectivity index (χ0n) is 19.7. The van der Waals surface area contributed by atoms with Crippen LogP contribution < -0.4 is 15.4 Å². The number of carbonyl (C=O) groups is 1. The molecule has 0 aliphatic rings. The number of methoxy groups -OCH3 is 1. The van der Waals surface area contributed by atoms with Crippen molar-refractivity contribution in [1.29, 1.82) is 0 Å². The van der Waals surface area contributed by atoms with Gasteiger partial charge in [0.2, 0.25) is 5.91 Å². The van der Waals surface area contributed by atoms with Gasteiger partial charge in [-0.1, -0.05) is 94.4 Å². The average Bonchev–Trinajstić information content (AvgIpc) is 2.80. The SMILES string of the molecule is COc1ccccc1C(NCC(=O)Nc1c(C(C)C)cccc1C(C)C)c1ccccc1. The Hall–Kier alpha value is -3.11. The van der Waals surface area contributed by atoms with E-state index in [1.807, 2.05) is 42.5 Å². The molecule has 1 atom stereocenters. The van der Waals surface area contributed by atoms with Crippen LogP contribution in [0.15, 0.2) is 72.8 Å². The van der Waals surface area contributed by atoms with Gasteiger partial charge in [0.15, 0.2) is 0 Å². The Morgan fingerprint density at radius 1 is 0.781 bits per heavy atom. The number of rotatable bonds is 9. The number of hydrogen-bond acceptors (Lipinski definition) is 3. The summed E-state index contributed by atoms with van der Waals surface area (Å²) < 4.78 is 5.59. The quantitative estimate of drug-likeness (QED) is 0.421. The highest BCUT2D eigenvalue weighted by atomic mass is 16.5. The maximum Gasteiger partial charge on any atom is 0.238 e. The first-order valence-electron chi connectivity index (χ1n) is 11.3. The van der Waals surface area contributed by atoms with Crippen molar-refractivity contribution < 1.29 is 9.53 Å². The first-order chi connectivity index (χ1) is 15.4. The Balaban J connectivity index is 1.84. The second-order valence-corrected chi connectivity index (χ2v) is 8.64. The Kier molecular flexibility index (Phi) is 8.07. The smallest absolute Gasteiger partial charge is 0.238 e. The summed E-state index contributed by atoms with van der Waals surface area (Å²) in [6.07, 6.45) is 0. The zero-order chi connectivity index (χ0) is 23.1. The summed E-state index contributed by atoms with van der Waals surface area (Å²) in [5, 5.41) is 6.65. The molecule has 4 heteroatoms. The van der Waals surface area contributed by atoms with Crippen LogP contribution in [0.1, 0.15) is 67.8 Å². The molecule has 0 aliphatic heterocycles. The van der Waals surface area contributed by atoms with Gasteiger partial charge in [-0.15, -0.1) is 0 Å². The van der Waals surface area contributed by atoms with Crippen LogP contribution in [0, 0.1) is 0 Å². The van der Waals surface area contributed by atoms with Gasteiger partial charge in [-0.05, 0) is 34.6 Å². The van der Waals surface area contributed by atoms with E-state index in [1.54, 1.807) is 7.11 Å². The molecule has 0 radical (unpaired) electrons. The van der Waals surface area contributed by atoms with Crippen molar-refractivity contribution in [3.63, 3.8) is 0 Å². The lowest BCUT2D eigenvalue weighted by Gasteiger charge is -2.23. The average molecular weight is 431 g/mol. The van der Waals surface area contributed by atoms with E-state index in [0.717, 1.165) is 33.7 Å². The number of carbonyl (C=O) groups excluding carboxylic acids is 1. The van der Waals surface area contributed by atoms with E-state index >= 15 is 0 Å².